The van der Waals surface area contributed by atoms with Crippen LogP contribution in [0.15, 0.2) is 24.3 Å². The van der Waals surface area contributed by atoms with Crippen molar-refractivity contribution in [1.29, 1.82) is 0 Å². The lowest BCUT2D eigenvalue weighted by molar-refractivity contribution is 0.274. The van der Waals surface area contributed by atoms with E-state index in [4.69, 9.17) is 5.73 Å². The molecule has 2 rings (SSSR count). The summed E-state index contributed by atoms with van der Waals surface area (Å²) in [5.74, 6) is 0.265. The van der Waals surface area contributed by atoms with E-state index >= 15 is 0 Å². The highest BCUT2D eigenvalue weighted by atomic mass is 32.2. The van der Waals surface area contributed by atoms with Crippen molar-refractivity contribution < 1.29 is 8.42 Å². The van der Waals surface area contributed by atoms with E-state index in [9.17, 15) is 8.42 Å². The lowest BCUT2D eigenvalue weighted by atomic mass is 9.66. The molecule has 100 valence electrons. The molecule has 4 heteroatoms. The molecular weight excluding hydrogens is 246 g/mol. The number of anilines is 1. The Bertz CT molecular complexity index is 513. The molecule has 0 heterocycles. The maximum atomic E-state index is 12.2. The van der Waals surface area contributed by atoms with Crippen molar-refractivity contribution in [1.82, 2.24) is 0 Å². The smallest absolute Gasteiger partial charge is 0.153 e. The summed E-state index contributed by atoms with van der Waals surface area (Å²) in [6.07, 6.45) is 3.03. The van der Waals surface area contributed by atoms with Crippen molar-refractivity contribution in [3.63, 3.8) is 0 Å². The normalized spacial score (nSPS) is 18.6. The molecule has 1 fully saturated rings. The monoisotopic (exact) mass is 267 g/mol. The molecule has 0 aromatic heterocycles. The second-order valence-corrected chi connectivity index (χ2v) is 8.17. The first-order valence-electron chi connectivity index (χ1n) is 6.43. The molecular formula is C14H21NO2S. The molecule has 1 aliphatic rings. The van der Waals surface area contributed by atoms with Gasteiger partial charge in [-0.3, -0.25) is 0 Å². The van der Waals surface area contributed by atoms with Gasteiger partial charge in [-0.25, -0.2) is 8.42 Å². The number of nitrogen functional groups attached to an aromatic ring is 1. The van der Waals surface area contributed by atoms with Gasteiger partial charge in [0.2, 0.25) is 0 Å². The van der Waals surface area contributed by atoms with Gasteiger partial charge in [0.05, 0.1) is 11.0 Å². The second kappa shape index (κ2) is 4.57. The van der Waals surface area contributed by atoms with Gasteiger partial charge in [0.25, 0.3) is 0 Å². The Balaban J connectivity index is 2.29. The van der Waals surface area contributed by atoms with Gasteiger partial charge in [-0.15, -0.1) is 0 Å². The van der Waals surface area contributed by atoms with Crippen molar-refractivity contribution in [3.8, 4) is 0 Å². The molecule has 0 spiro atoms. The molecule has 0 bridgehead atoms. The number of hydrogen-bond acceptors (Lipinski definition) is 3. The predicted molar refractivity (Wildman–Crippen MR) is 75.3 cm³/mol. The fourth-order valence-corrected chi connectivity index (χ4v) is 4.07. The first-order chi connectivity index (χ1) is 8.36. The van der Waals surface area contributed by atoms with Gasteiger partial charge in [-0.1, -0.05) is 18.6 Å². The van der Waals surface area contributed by atoms with E-state index in [2.05, 4.69) is 0 Å². The van der Waals surface area contributed by atoms with Gasteiger partial charge in [0.15, 0.2) is 9.84 Å². The predicted octanol–water partition coefficient (Wildman–Crippen LogP) is 2.51. The Morgan fingerprint density at radius 2 is 1.78 bits per heavy atom. The number of rotatable bonds is 4. The molecule has 1 aromatic rings. The van der Waals surface area contributed by atoms with Crippen molar-refractivity contribution in [2.75, 3.05) is 11.5 Å². The highest BCUT2D eigenvalue weighted by Gasteiger charge is 2.42. The van der Waals surface area contributed by atoms with Crippen LogP contribution < -0.4 is 5.73 Å². The SMILES string of the molecule is CC(C)S(=O)(=O)CC1(c2ccc(N)cc2)CCC1. The Labute approximate surface area is 109 Å². The minimum absolute atomic E-state index is 0.170. The number of benzene rings is 1. The van der Waals surface area contributed by atoms with Crippen LogP contribution in [0.1, 0.15) is 38.7 Å². The van der Waals surface area contributed by atoms with Gasteiger partial charge in [-0.05, 0) is 44.4 Å². The standard InChI is InChI=1S/C14H21NO2S/c1-11(2)18(16,17)10-14(8-3-9-14)12-4-6-13(15)7-5-12/h4-7,11H,3,8-10,15H2,1-2H3. The van der Waals surface area contributed by atoms with Crippen LogP contribution in [0.5, 0.6) is 0 Å². The molecule has 18 heavy (non-hydrogen) atoms. The molecule has 0 unspecified atom stereocenters. The first kappa shape index (κ1) is 13.4. The fourth-order valence-electron chi connectivity index (χ4n) is 2.51. The van der Waals surface area contributed by atoms with Crippen LogP contribution in [0.2, 0.25) is 0 Å². The fraction of sp³-hybridized carbons (Fsp3) is 0.571. The second-order valence-electron chi connectivity index (χ2n) is 5.61. The van der Waals surface area contributed by atoms with E-state index in [-0.39, 0.29) is 16.4 Å². The molecule has 1 aromatic carbocycles. The summed E-state index contributed by atoms with van der Waals surface area (Å²) in [6.45, 7) is 3.51. The molecule has 0 amide bonds. The summed E-state index contributed by atoms with van der Waals surface area (Å²) in [7, 11) is -3.01. The zero-order chi connectivity index (χ0) is 13.4. The van der Waals surface area contributed by atoms with Crippen LogP contribution in [-0.4, -0.2) is 19.4 Å². The third kappa shape index (κ3) is 2.39. The van der Waals surface area contributed by atoms with Gasteiger partial charge >= 0.3 is 0 Å². The quantitative estimate of drug-likeness (QED) is 0.853. The van der Waals surface area contributed by atoms with Crippen molar-refractivity contribution in [2.24, 2.45) is 0 Å². The van der Waals surface area contributed by atoms with Crippen LogP contribution >= 0.6 is 0 Å². The Kier molecular flexibility index (Phi) is 3.41. The Hall–Kier alpha value is -1.03. The average molecular weight is 267 g/mol. The van der Waals surface area contributed by atoms with E-state index in [1.165, 1.54) is 0 Å². The zero-order valence-electron chi connectivity index (χ0n) is 11.0. The molecule has 2 N–H and O–H groups in total. The van der Waals surface area contributed by atoms with E-state index < -0.39 is 9.84 Å². The highest BCUT2D eigenvalue weighted by Crippen LogP contribution is 2.45. The van der Waals surface area contributed by atoms with Crippen LogP contribution in [0, 0.1) is 0 Å². The number of nitrogens with two attached hydrogens (primary N) is 1. The molecule has 0 atom stereocenters. The van der Waals surface area contributed by atoms with Gasteiger partial charge in [0.1, 0.15) is 0 Å². The largest absolute Gasteiger partial charge is 0.399 e. The maximum Gasteiger partial charge on any atom is 0.153 e. The van der Waals surface area contributed by atoms with Crippen molar-refractivity contribution in [3.05, 3.63) is 29.8 Å². The molecule has 0 saturated heterocycles. The van der Waals surface area contributed by atoms with Gasteiger partial charge < -0.3 is 5.73 Å². The number of hydrogen-bond donors (Lipinski definition) is 1. The highest BCUT2D eigenvalue weighted by molar-refractivity contribution is 7.92. The minimum Gasteiger partial charge on any atom is -0.399 e. The third-order valence-corrected chi connectivity index (χ3v) is 6.42. The van der Waals surface area contributed by atoms with Crippen molar-refractivity contribution >= 4 is 15.5 Å². The van der Waals surface area contributed by atoms with Gasteiger partial charge in [-0.2, -0.15) is 0 Å². The average Bonchev–Trinajstić information content (AvgIpc) is 2.25. The van der Waals surface area contributed by atoms with E-state index in [1.54, 1.807) is 13.8 Å². The summed E-state index contributed by atoms with van der Waals surface area (Å²) >= 11 is 0. The van der Waals surface area contributed by atoms with E-state index in [0.717, 1.165) is 30.5 Å². The number of sulfone groups is 1. The van der Waals surface area contributed by atoms with Crippen LogP contribution in [0.25, 0.3) is 0 Å². The van der Waals surface area contributed by atoms with Crippen LogP contribution in [-0.2, 0) is 15.3 Å². The molecule has 0 radical (unpaired) electrons. The topological polar surface area (TPSA) is 60.2 Å². The van der Waals surface area contributed by atoms with Gasteiger partial charge in [0, 0.05) is 11.1 Å². The first-order valence-corrected chi connectivity index (χ1v) is 8.15. The van der Waals surface area contributed by atoms with E-state index in [1.807, 2.05) is 24.3 Å². The molecule has 0 aliphatic heterocycles. The van der Waals surface area contributed by atoms with E-state index in [0.29, 0.717) is 0 Å². The maximum absolute atomic E-state index is 12.2. The lowest BCUT2D eigenvalue weighted by Gasteiger charge is -2.42. The minimum atomic E-state index is -3.01. The lowest BCUT2D eigenvalue weighted by Crippen LogP contribution is -2.42. The summed E-state index contributed by atoms with van der Waals surface area (Å²) in [5.41, 5.74) is 7.36. The molecule has 3 nitrogen and oxygen atoms in total. The zero-order valence-corrected chi connectivity index (χ0v) is 11.8. The summed E-state index contributed by atoms with van der Waals surface area (Å²) in [6, 6.07) is 7.67. The van der Waals surface area contributed by atoms with Crippen LogP contribution in [0.4, 0.5) is 5.69 Å². The molecule has 1 aliphatic carbocycles. The summed E-state index contributed by atoms with van der Waals surface area (Å²) in [4.78, 5) is 0. The van der Waals surface area contributed by atoms with Crippen LogP contribution in [0.3, 0.4) is 0 Å². The summed E-state index contributed by atoms with van der Waals surface area (Å²) < 4.78 is 24.3. The summed E-state index contributed by atoms with van der Waals surface area (Å²) in [5, 5.41) is -0.302. The Morgan fingerprint density at radius 1 is 1.22 bits per heavy atom. The third-order valence-electron chi connectivity index (χ3n) is 4.03. The van der Waals surface area contributed by atoms with Crippen molar-refractivity contribution in [2.45, 2.75) is 43.8 Å². The Morgan fingerprint density at radius 3 is 2.17 bits per heavy atom. The molecule has 1 saturated carbocycles.